The molecule has 1 aliphatic heterocycles. The summed E-state index contributed by atoms with van der Waals surface area (Å²) < 4.78 is 0. The van der Waals surface area contributed by atoms with Gasteiger partial charge in [-0.25, -0.2) is 4.98 Å². The van der Waals surface area contributed by atoms with Gasteiger partial charge in [0.05, 0.1) is 12.6 Å². The molecule has 0 spiro atoms. The van der Waals surface area contributed by atoms with E-state index in [4.69, 9.17) is 0 Å². The third-order valence-electron chi connectivity index (χ3n) is 2.91. The van der Waals surface area contributed by atoms with Crippen molar-refractivity contribution < 1.29 is 9.59 Å². The topological polar surface area (TPSA) is 62.3 Å². The van der Waals surface area contributed by atoms with E-state index in [-0.39, 0.29) is 24.4 Å². The van der Waals surface area contributed by atoms with Gasteiger partial charge >= 0.3 is 0 Å². The van der Waals surface area contributed by atoms with Crippen molar-refractivity contribution in [1.29, 1.82) is 0 Å². The van der Waals surface area contributed by atoms with Crippen molar-refractivity contribution in [2.24, 2.45) is 0 Å². The fraction of sp³-hybridized carbons (Fsp3) is 0.545. The number of carbonyl (C=O) groups excluding carboxylic acids is 2. The molecule has 6 heteroatoms. The number of carbonyl (C=O) groups is 2. The second-order valence-electron chi connectivity index (χ2n) is 4.18. The number of piperazine rings is 1. The Morgan fingerprint density at radius 1 is 1.59 bits per heavy atom. The number of hydrogen-bond donors (Lipinski definition) is 1. The van der Waals surface area contributed by atoms with Gasteiger partial charge < -0.3 is 10.2 Å². The highest BCUT2D eigenvalue weighted by Crippen LogP contribution is 2.27. The third-order valence-corrected chi connectivity index (χ3v) is 4.00. The Morgan fingerprint density at radius 3 is 2.88 bits per heavy atom. The molecule has 2 unspecified atom stereocenters. The molecule has 1 aromatic heterocycles. The second kappa shape index (κ2) is 4.44. The Bertz CT molecular complexity index is 457. The molecule has 0 aliphatic carbocycles. The first-order valence-electron chi connectivity index (χ1n) is 5.52. The quantitative estimate of drug-likeness (QED) is 0.850. The summed E-state index contributed by atoms with van der Waals surface area (Å²) in [5, 5.41) is 3.45. The molecule has 2 amide bonds. The van der Waals surface area contributed by atoms with E-state index >= 15 is 0 Å². The average Bonchev–Trinajstić information content (AvgIpc) is 2.71. The zero-order valence-electron chi connectivity index (χ0n) is 10.1. The number of aromatic nitrogens is 1. The Balaban J connectivity index is 2.25. The first-order chi connectivity index (χ1) is 8.00. The minimum Gasteiger partial charge on any atom is -0.345 e. The van der Waals surface area contributed by atoms with E-state index in [0.717, 1.165) is 9.88 Å². The zero-order chi connectivity index (χ0) is 12.6. The van der Waals surface area contributed by atoms with Crippen molar-refractivity contribution >= 4 is 23.2 Å². The first kappa shape index (κ1) is 12.0. The lowest BCUT2D eigenvalue weighted by molar-refractivity contribution is -0.147. The number of amides is 2. The molecule has 0 radical (unpaired) electrons. The lowest BCUT2D eigenvalue weighted by atomic mass is 10.1. The Hall–Kier alpha value is -1.43. The second-order valence-corrected chi connectivity index (χ2v) is 5.45. The summed E-state index contributed by atoms with van der Waals surface area (Å²) in [4.78, 5) is 30.4. The van der Waals surface area contributed by atoms with Crippen LogP contribution in [0.2, 0.25) is 0 Å². The molecule has 1 aliphatic rings. The Kier molecular flexibility index (Phi) is 3.15. The molecule has 2 heterocycles. The number of rotatable bonds is 2. The highest BCUT2D eigenvalue weighted by molar-refractivity contribution is 7.11. The predicted molar refractivity (Wildman–Crippen MR) is 64.6 cm³/mol. The first-order valence-corrected chi connectivity index (χ1v) is 6.33. The van der Waals surface area contributed by atoms with Gasteiger partial charge in [-0.3, -0.25) is 9.59 Å². The van der Waals surface area contributed by atoms with E-state index in [9.17, 15) is 9.59 Å². The van der Waals surface area contributed by atoms with Crippen LogP contribution in [0.4, 0.5) is 0 Å². The number of aryl methyl sites for hydroxylation is 1. The van der Waals surface area contributed by atoms with Gasteiger partial charge in [0.2, 0.25) is 11.8 Å². The van der Waals surface area contributed by atoms with Crippen LogP contribution in [0.3, 0.4) is 0 Å². The van der Waals surface area contributed by atoms with Crippen molar-refractivity contribution in [2.45, 2.75) is 32.9 Å². The molecule has 1 aromatic rings. The highest BCUT2D eigenvalue weighted by atomic mass is 32.1. The molecule has 17 heavy (non-hydrogen) atoms. The van der Waals surface area contributed by atoms with Crippen LogP contribution in [0.5, 0.6) is 0 Å². The lowest BCUT2D eigenvalue weighted by Crippen LogP contribution is -2.57. The summed E-state index contributed by atoms with van der Waals surface area (Å²) in [5.41, 5.74) is 0. The molecule has 1 saturated heterocycles. The van der Waals surface area contributed by atoms with Crippen molar-refractivity contribution in [1.82, 2.24) is 15.2 Å². The maximum atomic E-state index is 11.9. The molecule has 0 bridgehead atoms. The van der Waals surface area contributed by atoms with Gasteiger partial charge in [0, 0.05) is 11.1 Å². The maximum absolute atomic E-state index is 11.9. The maximum Gasteiger partial charge on any atom is 0.243 e. The molecule has 2 atom stereocenters. The predicted octanol–water partition coefficient (Wildman–Crippen LogP) is 0.859. The van der Waals surface area contributed by atoms with Crippen LogP contribution in [0, 0.1) is 6.92 Å². The summed E-state index contributed by atoms with van der Waals surface area (Å²) in [6, 6.07) is -0.585. The lowest BCUT2D eigenvalue weighted by Gasteiger charge is -2.36. The monoisotopic (exact) mass is 253 g/mol. The van der Waals surface area contributed by atoms with Crippen LogP contribution in [0.1, 0.15) is 29.8 Å². The molecule has 0 saturated carbocycles. The Labute approximate surface area is 104 Å². The van der Waals surface area contributed by atoms with Crippen LogP contribution in [0.15, 0.2) is 6.20 Å². The van der Waals surface area contributed by atoms with Crippen LogP contribution in [-0.4, -0.2) is 34.3 Å². The van der Waals surface area contributed by atoms with Gasteiger partial charge in [-0.05, 0) is 20.8 Å². The molecular weight excluding hydrogens is 238 g/mol. The summed E-state index contributed by atoms with van der Waals surface area (Å²) in [6.07, 6.45) is 1.79. The fourth-order valence-electron chi connectivity index (χ4n) is 1.98. The van der Waals surface area contributed by atoms with Gasteiger partial charge in [-0.2, -0.15) is 0 Å². The number of hydrogen-bond acceptors (Lipinski definition) is 4. The van der Waals surface area contributed by atoms with Gasteiger partial charge in [0.15, 0.2) is 0 Å². The van der Waals surface area contributed by atoms with Gasteiger partial charge in [-0.1, -0.05) is 0 Å². The number of nitrogens with zero attached hydrogens (tertiary/aromatic N) is 2. The molecular formula is C11H15N3O2S. The van der Waals surface area contributed by atoms with Crippen molar-refractivity contribution in [3.63, 3.8) is 0 Å². The van der Waals surface area contributed by atoms with Crippen molar-refractivity contribution in [2.75, 3.05) is 6.54 Å². The van der Waals surface area contributed by atoms with Crippen LogP contribution in [0.25, 0.3) is 0 Å². The highest BCUT2D eigenvalue weighted by Gasteiger charge is 2.35. The van der Waals surface area contributed by atoms with E-state index in [0.29, 0.717) is 0 Å². The molecule has 2 rings (SSSR count). The van der Waals surface area contributed by atoms with E-state index in [1.807, 2.05) is 13.8 Å². The van der Waals surface area contributed by atoms with E-state index in [2.05, 4.69) is 10.3 Å². The van der Waals surface area contributed by atoms with E-state index < -0.39 is 6.04 Å². The van der Waals surface area contributed by atoms with Crippen molar-refractivity contribution in [3.8, 4) is 0 Å². The van der Waals surface area contributed by atoms with Gasteiger partial charge in [0.1, 0.15) is 11.0 Å². The molecule has 0 aromatic carbocycles. The zero-order valence-corrected chi connectivity index (χ0v) is 10.9. The molecule has 5 nitrogen and oxygen atoms in total. The third kappa shape index (κ3) is 2.17. The number of nitrogens with one attached hydrogen (secondary N) is 1. The van der Waals surface area contributed by atoms with E-state index in [1.165, 1.54) is 0 Å². The molecule has 92 valence electrons. The van der Waals surface area contributed by atoms with Crippen LogP contribution >= 0.6 is 11.3 Å². The van der Waals surface area contributed by atoms with Gasteiger partial charge in [-0.15, -0.1) is 11.3 Å². The summed E-state index contributed by atoms with van der Waals surface area (Å²) in [7, 11) is 0. The minimum absolute atomic E-state index is 0.0579. The molecule has 1 fully saturated rings. The average molecular weight is 253 g/mol. The Morgan fingerprint density at radius 2 is 2.29 bits per heavy atom. The van der Waals surface area contributed by atoms with Gasteiger partial charge in [0.25, 0.3) is 0 Å². The fourth-order valence-corrected chi connectivity index (χ4v) is 2.80. The van der Waals surface area contributed by atoms with Crippen molar-refractivity contribution in [3.05, 3.63) is 16.1 Å². The van der Waals surface area contributed by atoms with E-state index in [1.54, 1.807) is 29.4 Å². The SMILES string of the molecule is Cc1cnc(C(C)N2C(=O)CNC(=O)C2C)s1. The minimum atomic E-state index is -0.435. The normalized spacial score (nSPS) is 22.5. The molecule has 1 N–H and O–H groups in total. The summed E-state index contributed by atoms with van der Waals surface area (Å²) in [6.45, 7) is 5.70. The smallest absolute Gasteiger partial charge is 0.243 e. The van der Waals surface area contributed by atoms with Crippen LogP contribution in [-0.2, 0) is 9.59 Å². The summed E-state index contributed by atoms with van der Waals surface area (Å²) in [5.74, 6) is -0.165. The number of thiazole rings is 1. The largest absolute Gasteiger partial charge is 0.345 e. The standard InChI is InChI=1S/C11H15N3O2S/c1-6-4-13-11(17-6)8(3)14-7(2)10(16)12-5-9(14)15/h4,7-8H,5H2,1-3H3,(H,12,16). The summed E-state index contributed by atoms with van der Waals surface area (Å²) >= 11 is 1.56. The van der Waals surface area contributed by atoms with Crippen LogP contribution < -0.4 is 5.32 Å².